The molecule has 0 unspecified atom stereocenters. The average molecular weight is 480 g/mol. The molecule has 0 saturated carbocycles. The summed E-state index contributed by atoms with van der Waals surface area (Å²) in [5.41, 5.74) is 1.44. The molecular formula is C25H22FN3O4S. The summed E-state index contributed by atoms with van der Waals surface area (Å²) >= 11 is 1.61. The Labute approximate surface area is 199 Å². The van der Waals surface area contributed by atoms with E-state index in [1.54, 1.807) is 28.4 Å². The summed E-state index contributed by atoms with van der Waals surface area (Å²) in [7, 11) is 0. The lowest BCUT2D eigenvalue weighted by Crippen LogP contribution is -2.30. The van der Waals surface area contributed by atoms with Gasteiger partial charge in [0.2, 0.25) is 17.6 Å². The lowest BCUT2D eigenvalue weighted by Gasteiger charge is -2.25. The first-order valence-electron chi connectivity index (χ1n) is 11.0. The van der Waals surface area contributed by atoms with E-state index in [0.717, 1.165) is 10.6 Å². The Balaban J connectivity index is 1.25. The van der Waals surface area contributed by atoms with Crippen LogP contribution in [-0.4, -0.2) is 29.3 Å². The van der Waals surface area contributed by atoms with Gasteiger partial charge < -0.3 is 18.9 Å². The number of anilines is 1. The number of carbonyl (C=O) groups excluding carboxylic acids is 1. The van der Waals surface area contributed by atoms with Crippen LogP contribution >= 0.6 is 11.3 Å². The van der Waals surface area contributed by atoms with Gasteiger partial charge in [-0.25, -0.2) is 4.39 Å². The van der Waals surface area contributed by atoms with Gasteiger partial charge in [0.15, 0.2) is 11.5 Å². The maximum absolute atomic E-state index is 13.2. The molecule has 7 nitrogen and oxygen atoms in total. The predicted molar refractivity (Wildman–Crippen MR) is 126 cm³/mol. The minimum Gasteiger partial charge on any atom is -0.486 e. The highest BCUT2D eigenvalue weighted by Gasteiger charge is 2.20. The monoisotopic (exact) mass is 479 g/mol. The van der Waals surface area contributed by atoms with Crippen molar-refractivity contribution >= 4 is 22.9 Å². The fourth-order valence-corrected chi connectivity index (χ4v) is 4.37. The van der Waals surface area contributed by atoms with Gasteiger partial charge in [0.05, 0.1) is 6.54 Å². The summed E-state index contributed by atoms with van der Waals surface area (Å²) in [6, 6.07) is 15.5. The van der Waals surface area contributed by atoms with Crippen molar-refractivity contribution in [3.8, 4) is 22.9 Å². The molecule has 3 heterocycles. The number of fused-ring (bicyclic) bond motifs is 1. The summed E-state index contributed by atoms with van der Waals surface area (Å²) in [6.07, 6.45) is 1.33. The highest BCUT2D eigenvalue weighted by molar-refractivity contribution is 7.09. The van der Waals surface area contributed by atoms with Crippen LogP contribution in [0.2, 0.25) is 0 Å². The molecule has 0 fully saturated rings. The van der Waals surface area contributed by atoms with Crippen molar-refractivity contribution in [1.29, 1.82) is 0 Å². The smallest absolute Gasteiger partial charge is 0.227 e. The van der Waals surface area contributed by atoms with Crippen molar-refractivity contribution < 1.29 is 23.2 Å². The molecule has 0 saturated heterocycles. The van der Waals surface area contributed by atoms with Crippen LogP contribution in [0.5, 0.6) is 11.5 Å². The lowest BCUT2D eigenvalue weighted by atomic mass is 10.2. The van der Waals surface area contributed by atoms with Gasteiger partial charge in [0.1, 0.15) is 19.0 Å². The number of hydrogen-bond acceptors (Lipinski definition) is 7. The van der Waals surface area contributed by atoms with Crippen LogP contribution in [-0.2, 0) is 17.8 Å². The number of halogens is 1. The highest BCUT2D eigenvalue weighted by Crippen LogP contribution is 2.35. The van der Waals surface area contributed by atoms with E-state index in [9.17, 15) is 9.18 Å². The minimum atomic E-state index is -0.323. The number of aryl methyl sites for hydroxylation is 1. The van der Waals surface area contributed by atoms with Gasteiger partial charge in [-0.1, -0.05) is 11.2 Å². The molecule has 1 aliphatic heterocycles. The van der Waals surface area contributed by atoms with Crippen LogP contribution < -0.4 is 14.4 Å². The van der Waals surface area contributed by atoms with Gasteiger partial charge in [-0.3, -0.25) is 4.79 Å². The zero-order valence-electron chi connectivity index (χ0n) is 18.3. The summed E-state index contributed by atoms with van der Waals surface area (Å²) in [6.45, 7) is 1.48. The van der Waals surface area contributed by atoms with Crippen LogP contribution in [0.25, 0.3) is 11.4 Å². The predicted octanol–water partition coefficient (Wildman–Crippen LogP) is 5.26. The summed E-state index contributed by atoms with van der Waals surface area (Å²) in [5.74, 6) is 1.84. The van der Waals surface area contributed by atoms with Gasteiger partial charge >= 0.3 is 0 Å². The largest absolute Gasteiger partial charge is 0.486 e. The number of ether oxygens (including phenoxy) is 2. The average Bonchev–Trinajstić information content (AvgIpc) is 3.55. The van der Waals surface area contributed by atoms with E-state index in [1.807, 2.05) is 35.7 Å². The van der Waals surface area contributed by atoms with E-state index < -0.39 is 0 Å². The van der Waals surface area contributed by atoms with Crippen molar-refractivity contribution in [1.82, 2.24) is 10.1 Å². The Morgan fingerprint density at radius 1 is 1.06 bits per heavy atom. The van der Waals surface area contributed by atoms with E-state index in [-0.39, 0.29) is 11.7 Å². The quantitative estimate of drug-likeness (QED) is 0.343. The maximum atomic E-state index is 13.2. The third-order valence-electron chi connectivity index (χ3n) is 5.38. The molecule has 34 heavy (non-hydrogen) atoms. The van der Waals surface area contributed by atoms with Crippen LogP contribution in [0.1, 0.15) is 23.6 Å². The number of thiophene rings is 1. The first-order chi connectivity index (χ1) is 16.7. The number of carbonyl (C=O) groups is 1. The maximum Gasteiger partial charge on any atom is 0.227 e. The van der Waals surface area contributed by atoms with Crippen molar-refractivity contribution in [3.63, 3.8) is 0 Å². The zero-order chi connectivity index (χ0) is 23.3. The second-order valence-corrected chi connectivity index (χ2v) is 8.79. The van der Waals surface area contributed by atoms with Gasteiger partial charge in [-0.2, -0.15) is 4.98 Å². The molecule has 0 N–H and O–H groups in total. The molecule has 174 valence electrons. The SMILES string of the molecule is O=C(CCCc1nc(-c2ccc(F)cc2)no1)N(Cc1cccs1)c1ccc2c(c1)OCCO2. The van der Waals surface area contributed by atoms with E-state index in [1.165, 1.54) is 12.1 Å². The Hall–Kier alpha value is -3.72. The topological polar surface area (TPSA) is 77.7 Å². The second-order valence-electron chi connectivity index (χ2n) is 7.76. The number of hydrogen-bond donors (Lipinski definition) is 0. The fourth-order valence-electron chi connectivity index (χ4n) is 3.68. The number of amides is 1. The first-order valence-corrected chi connectivity index (χ1v) is 11.8. The third-order valence-corrected chi connectivity index (χ3v) is 6.25. The molecule has 1 aliphatic rings. The Morgan fingerprint density at radius 2 is 1.88 bits per heavy atom. The molecule has 4 aromatic rings. The van der Waals surface area contributed by atoms with Crippen LogP contribution in [0, 0.1) is 5.82 Å². The molecule has 9 heteroatoms. The molecule has 0 bridgehead atoms. The van der Waals surface area contributed by atoms with Crippen LogP contribution in [0.4, 0.5) is 10.1 Å². The van der Waals surface area contributed by atoms with Gasteiger partial charge in [0, 0.05) is 35.0 Å². The number of nitrogens with zero attached hydrogens (tertiary/aromatic N) is 3. The molecule has 0 spiro atoms. The van der Waals surface area contributed by atoms with Crippen molar-refractivity contribution in [2.45, 2.75) is 25.8 Å². The molecule has 0 aliphatic carbocycles. The summed E-state index contributed by atoms with van der Waals surface area (Å²) in [5, 5.41) is 5.96. The second kappa shape index (κ2) is 10.0. The first kappa shape index (κ1) is 22.1. The number of aromatic nitrogens is 2. The molecule has 2 aromatic heterocycles. The van der Waals surface area contributed by atoms with Crippen molar-refractivity contribution in [2.75, 3.05) is 18.1 Å². The Bertz CT molecular complexity index is 1260. The molecule has 5 rings (SSSR count). The van der Waals surface area contributed by atoms with Crippen molar-refractivity contribution in [2.24, 2.45) is 0 Å². The molecule has 2 aromatic carbocycles. The van der Waals surface area contributed by atoms with Gasteiger partial charge in [0.25, 0.3) is 0 Å². The van der Waals surface area contributed by atoms with Gasteiger partial charge in [-0.05, 0) is 54.3 Å². The fraction of sp³-hybridized carbons (Fsp3) is 0.240. The van der Waals surface area contributed by atoms with Crippen LogP contribution in [0.15, 0.2) is 64.5 Å². The van der Waals surface area contributed by atoms with Crippen LogP contribution in [0.3, 0.4) is 0 Å². The third kappa shape index (κ3) is 5.09. The van der Waals surface area contributed by atoms with Crippen molar-refractivity contribution in [3.05, 3.63) is 76.6 Å². The number of benzene rings is 2. The van der Waals surface area contributed by atoms with E-state index in [2.05, 4.69) is 10.1 Å². The lowest BCUT2D eigenvalue weighted by molar-refractivity contribution is -0.118. The summed E-state index contributed by atoms with van der Waals surface area (Å²) in [4.78, 5) is 20.5. The Morgan fingerprint density at radius 3 is 2.68 bits per heavy atom. The highest BCUT2D eigenvalue weighted by atomic mass is 32.1. The molecule has 1 amide bonds. The molecular weight excluding hydrogens is 457 g/mol. The Kier molecular flexibility index (Phi) is 6.53. The van der Waals surface area contributed by atoms with E-state index in [0.29, 0.717) is 67.8 Å². The standard InChI is InChI=1S/C25H22FN3O4S/c26-18-8-6-17(7-9-18)25-27-23(33-28-25)4-1-5-24(30)29(16-20-3-2-14-34-20)19-10-11-21-22(15-19)32-13-12-31-21/h2-3,6-11,14-15H,1,4-5,12-13,16H2. The van der Waals surface area contributed by atoms with E-state index >= 15 is 0 Å². The van der Waals surface area contributed by atoms with E-state index in [4.69, 9.17) is 14.0 Å². The molecule has 0 radical (unpaired) electrons. The number of rotatable bonds is 8. The minimum absolute atomic E-state index is 0.0108. The zero-order valence-corrected chi connectivity index (χ0v) is 19.1. The molecule has 0 atom stereocenters. The normalized spacial score (nSPS) is 12.5. The van der Waals surface area contributed by atoms with Gasteiger partial charge in [-0.15, -0.1) is 11.3 Å². The summed E-state index contributed by atoms with van der Waals surface area (Å²) < 4.78 is 29.8.